The van der Waals surface area contributed by atoms with Crippen LogP contribution in [0.1, 0.15) is 23.5 Å². The predicted octanol–water partition coefficient (Wildman–Crippen LogP) is 2.52. The summed E-state index contributed by atoms with van der Waals surface area (Å²) >= 11 is 1.29. The molecule has 0 radical (unpaired) electrons. The Morgan fingerprint density at radius 2 is 2.05 bits per heavy atom. The van der Waals surface area contributed by atoms with Crippen molar-refractivity contribution >= 4 is 28.9 Å². The zero-order chi connectivity index (χ0) is 16.1. The van der Waals surface area contributed by atoms with Crippen LogP contribution < -0.4 is 10.1 Å². The maximum atomic E-state index is 12.2. The Labute approximate surface area is 131 Å². The van der Waals surface area contributed by atoms with Crippen LogP contribution in [0.3, 0.4) is 0 Å². The number of carboxylic acid groups (broad SMARTS) is 1. The second kappa shape index (κ2) is 7.04. The summed E-state index contributed by atoms with van der Waals surface area (Å²) in [5, 5.41) is 13.8. The molecule has 0 aliphatic heterocycles. The maximum Gasteiger partial charge on any atom is 0.309 e. The lowest BCUT2D eigenvalue weighted by Gasteiger charge is -2.10. The normalized spacial score (nSPS) is 11.7. The van der Waals surface area contributed by atoms with Crippen molar-refractivity contribution in [1.29, 1.82) is 0 Å². The third kappa shape index (κ3) is 4.05. The molecule has 0 fully saturated rings. The Bertz CT molecular complexity index is 666. The number of nitrogens with zero attached hydrogens (tertiary/aromatic N) is 1. The number of anilines is 1. The Morgan fingerprint density at radius 3 is 2.64 bits per heavy atom. The molecule has 1 heterocycles. The van der Waals surface area contributed by atoms with Gasteiger partial charge >= 0.3 is 5.97 Å². The van der Waals surface area contributed by atoms with Gasteiger partial charge in [-0.1, -0.05) is 0 Å². The molecule has 7 heteroatoms. The van der Waals surface area contributed by atoms with Gasteiger partial charge in [0.05, 0.1) is 25.1 Å². The average Bonchev–Trinajstić information content (AvgIpc) is 2.94. The SMILES string of the molecule is COc1ccc(NC(=O)C(C)c2nc(CC(=O)O)cs2)cc1. The first-order valence-electron chi connectivity index (χ1n) is 6.60. The van der Waals surface area contributed by atoms with Gasteiger partial charge in [-0.3, -0.25) is 9.59 Å². The molecule has 0 aliphatic carbocycles. The summed E-state index contributed by atoms with van der Waals surface area (Å²) in [6.07, 6.45) is -0.136. The Balaban J connectivity index is 2.01. The summed E-state index contributed by atoms with van der Waals surface area (Å²) in [7, 11) is 1.58. The number of benzene rings is 1. The number of carbonyl (C=O) groups is 2. The van der Waals surface area contributed by atoms with E-state index in [-0.39, 0.29) is 12.3 Å². The van der Waals surface area contributed by atoms with Gasteiger partial charge in [-0.25, -0.2) is 4.98 Å². The molecule has 1 atom stereocenters. The van der Waals surface area contributed by atoms with E-state index in [2.05, 4.69) is 10.3 Å². The molecular weight excluding hydrogens is 304 g/mol. The van der Waals surface area contributed by atoms with Crippen molar-refractivity contribution in [2.45, 2.75) is 19.3 Å². The summed E-state index contributed by atoms with van der Waals surface area (Å²) < 4.78 is 5.06. The molecular formula is C15H16N2O4S. The number of thiazole rings is 1. The molecule has 0 saturated heterocycles. The second-order valence-electron chi connectivity index (χ2n) is 4.69. The minimum atomic E-state index is -0.938. The van der Waals surface area contributed by atoms with Crippen LogP contribution in [0.2, 0.25) is 0 Å². The molecule has 6 nitrogen and oxygen atoms in total. The van der Waals surface area contributed by atoms with Gasteiger partial charge in [0, 0.05) is 11.1 Å². The number of aromatic nitrogens is 1. The summed E-state index contributed by atoms with van der Waals surface area (Å²) in [5.41, 5.74) is 1.14. The first-order valence-corrected chi connectivity index (χ1v) is 7.48. The van der Waals surface area contributed by atoms with E-state index in [1.165, 1.54) is 11.3 Å². The number of amides is 1. The smallest absolute Gasteiger partial charge is 0.309 e. The third-order valence-electron chi connectivity index (χ3n) is 3.02. The van der Waals surface area contributed by atoms with E-state index in [0.29, 0.717) is 22.1 Å². The fourth-order valence-electron chi connectivity index (χ4n) is 1.79. The molecule has 1 amide bonds. The number of ether oxygens (including phenoxy) is 1. The number of methoxy groups -OCH3 is 1. The lowest BCUT2D eigenvalue weighted by molar-refractivity contribution is -0.136. The zero-order valence-corrected chi connectivity index (χ0v) is 13.0. The van der Waals surface area contributed by atoms with Crippen molar-refractivity contribution in [2.75, 3.05) is 12.4 Å². The summed E-state index contributed by atoms with van der Waals surface area (Å²) in [6, 6.07) is 7.02. The first kappa shape index (κ1) is 16.0. The van der Waals surface area contributed by atoms with Crippen molar-refractivity contribution < 1.29 is 19.4 Å². The largest absolute Gasteiger partial charge is 0.497 e. The molecule has 0 bridgehead atoms. The Morgan fingerprint density at radius 1 is 1.36 bits per heavy atom. The summed E-state index contributed by atoms with van der Waals surface area (Å²) in [6.45, 7) is 1.74. The molecule has 116 valence electrons. The topological polar surface area (TPSA) is 88.5 Å². The van der Waals surface area contributed by atoms with Crippen LogP contribution in [0.15, 0.2) is 29.6 Å². The molecule has 2 rings (SSSR count). The molecule has 1 unspecified atom stereocenters. The number of rotatable bonds is 6. The highest BCUT2D eigenvalue weighted by atomic mass is 32.1. The van der Waals surface area contributed by atoms with Crippen LogP contribution in [0.25, 0.3) is 0 Å². The highest BCUT2D eigenvalue weighted by Gasteiger charge is 2.19. The molecule has 1 aromatic heterocycles. The van der Waals surface area contributed by atoms with Crippen LogP contribution in [0.4, 0.5) is 5.69 Å². The van der Waals surface area contributed by atoms with Gasteiger partial charge in [0.25, 0.3) is 0 Å². The van der Waals surface area contributed by atoms with E-state index in [9.17, 15) is 9.59 Å². The van der Waals surface area contributed by atoms with Crippen LogP contribution in [0.5, 0.6) is 5.75 Å². The molecule has 1 aromatic carbocycles. The predicted molar refractivity (Wildman–Crippen MR) is 83.5 cm³/mol. The minimum absolute atomic E-state index is 0.136. The molecule has 2 aromatic rings. The van der Waals surface area contributed by atoms with Crippen molar-refractivity contribution in [3.63, 3.8) is 0 Å². The van der Waals surface area contributed by atoms with E-state index >= 15 is 0 Å². The maximum absolute atomic E-state index is 12.2. The highest BCUT2D eigenvalue weighted by Crippen LogP contribution is 2.23. The lowest BCUT2D eigenvalue weighted by Crippen LogP contribution is -2.18. The minimum Gasteiger partial charge on any atom is -0.497 e. The van der Waals surface area contributed by atoms with Gasteiger partial charge in [-0.05, 0) is 31.2 Å². The quantitative estimate of drug-likeness (QED) is 0.854. The van der Waals surface area contributed by atoms with Gasteiger partial charge in [-0.15, -0.1) is 11.3 Å². The summed E-state index contributed by atoms with van der Waals surface area (Å²) in [5.74, 6) is -0.868. The first-order chi connectivity index (χ1) is 10.5. The third-order valence-corrected chi connectivity index (χ3v) is 4.10. The standard InChI is InChI=1S/C15H16N2O4S/c1-9(15-17-11(8-22-15)7-13(18)19)14(20)16-10-3-5-12(21-2)6-4-10/h3-6,8-9H,7H2,1-2H3,(H,16,20)(H,18,19). The van der Waals surface area contributed by atoms with Crippen LogP contribution in [-0.4, -0.2) is 29.1 Å². The van der Waals surface area contributed by atoms with E-state index in [1.807, 2.05) is 0 Å². The Hall–Kier alpha value is -2.41. The van der Waals surface area contributed by atoms with E-state index in [0.717, 1.165) is 0 Å². The monoisotopic (exact) mass is 320 g/mol. The second-order valence-corrected chi connectivity index (χ2v) is 5.58. The van der Waals surface area contributed by atoms with Gasteiger partial charge < -0.3 is 15.2 Å². The lowest BCUT2D eigenvalue weighted by atomic mass is 10.1. The number of aliphatic carboxylic acids is 1. The van der Waals surface area contributed by atoms with E-state index in [1.54, 1.807) is 43.7 Å². The van der Waals surface area contributed by atoms with Crippen LogP contribution in [-0.2, 0) is 16.0 Å². The average molecular weight is 320 g/mol. The van der Waals surface area contributed by atoms with Gasteiger partial charge in [0.2, 0.25) is 5.91 Å². The number of hydrogen-bond donors (Lipinski definition) is 2. The number of carbonyl (C=O) groups excluding carboxylic acids is 1. The van der Waals surface area contributed by atoms with Crippen molar-refractivity contribution in [2.24, 2.45) is 0 Å². The van der Waals surface area contributed by atoms with Crippen LogP contribution >= 0.6 is 11.3 Å². The molecule has 0 saturated carbocycles. The van der Waals surface area contributed by atoms with E-state index < -0.39 is 11.9 Å². The highest BCUT2D eigenvalue weighted by molar-refractivity contribution is 7.09. The fourth-order valence-corrected chi connectivity index (χ4v) is 2.67. The van der Waals surface area contributed by atoms with Crippen molar-refractivity contribution in [3.05, 3.63) is 40.3 Å². The van der Waals surface area contributed by atoms with Gasteiger partial charge in [-0.2, -0.15) is 0 Å². The number of hydrogen-bond acceptors (Lipinski definition) is 5. The fraction of sp³-hybridized carbons (Fsp3) is 0.267. The molecule has 0 aliphatic rings. The Kier molecular flexibility index (Phi) is 5.11. The molecule has 22 heavy (non-hydrogen) atoms. The van der Waals surface area contributed by atoms with Crippen molar-refractivity contribution in [1.82, 2.24) is 4.98 Å². The van der Waals surface area contributed by atoms with E-state index in [4.69, 9.17) is 9.84 Å². The molecule has 0 spiro atoms. The molecule has 2 N–H and O–H groups in total. The summed E-state index contributed by atoms with van der Waals surface area (Å²) in [4.78, 5) is 27.1. The van der Waals surface area contributed by atoms with Gasteiger partial charge in [0.15, 0.2) is 0 Å². The number of carboxylic acids is 1. The van der Waals surface area contributed by atoms with Crippen LogP contribution in [0, 0.1) is 0 Å². The van der Waals surface area contributed by atoms with Crippen molar-refractivity contribution in [3.8, 4) is 5.75 Å². The zero-order valence-electron chi connectivity index (χ0n) is 12.2. The number of nitrogens with one attached hydrogen (secondary N) is 1. The van der Waals surface area contributed by atoms with Gasteiger partial charge in [0.1, 0.15) is 10.8 Å².